The summed E-state index contributed by atoms with van der Waals surface area (Å²) in [5.41, 5.74) is -0.522. The van der Waals surface area contributed by atoms with E-state index in [-0.39, 0.29) is 23.6 Å². The topological polar surface area (TPSA) is 55.1 Å². The summed E-state index contributed by atoms with van der Waals surface area (Å²) >= 11 is 0. The van der Waals surface area contributed by atoms with Crippen LogP contribution in [0.1, 0.15) is 16.1 Å². The smallest absolute Gasteiger partial charge is 0.257 e. The average molecular weight is 350 g/mol. The fraction of sp³-hybridized carbons (Fsp3) is 0.0588. The minimum Gasteiger partial charge on any atom is -0.356 e. The highest BCUT2D eigenvalue weighted by Gasteiger charge is 2.18. The van der Waals surface area contributed by atoms with Gasteiger partial charge in [0.25, 0.3) is 5.91 Å². The van der Waals surface area contributed by atoms with Gasteiger partial charge in [0.15, 0.2) is 5.76 Å². The molecule has 0 aliphatic carbocycles. The van der Waals surface area contributed by atoms with E-state index in [1.165, 1.54) is 12.1 Å². The SMILES string of the molecule is O=C(NCc1cc(-c2ccc(F)cc2F)on1)c1c(F)cccc1F. The molecule has 4 nitrogen and oxygen atoms in total. The lowest BCUT2D eigenvalue weighted by Gasteiger charge is -2.05. The van der Waals surface area contributed by atoms with Crippen LogP contribution >= 0.6 is 0 Å². The molecule has 8 heteroatoms. The maximum atomic E-state index is 13.7. The van der Waals surface area contributed by atoms with Crippen LogP contribution in [-0.4, -0.2) is 11.1 Å². The molecule has 2 aromatic carbocycles. The van der Waals surface area contributed by atoms with Gasteiger partial charge in [-0.3, -0.25) is 4.79 Å². The van der Waals surface area contributed by atoms with Gasteiger partial charge in [-0.05, 0) is 24.3 Å². The molecule has 0 radical (unpaired) electrons. The quantitative estimate of drug-likeness (QED) is 0.728. The Morgan fingerprint density at radius 1 is 1.00 bits per heavy atom. The molecule has 0 bridgehead atoms. The van der Waals surface area contributed by atoms with E-state index >= 15 is 0 Å². The molecule has 0 aliphatic rings. The number of nitrogens with zero attached hydrogens (tertiary/aromatic N) is 1. The van der Waals surface area contributed by atoms with E-state index in [1.807, 2.05) is 0 Å². The summed E-state index contributed by atoms with van der Waals surface area (Å²) in [5.74, 6) is -4.49. The third kappa shape index (κ3) is 3.52. The predicted molar refractivity (Wildman–Crippen MR) is 79.4 cm³/mol. The number of rotatable bonds is 4. The van der Waals surface area contributed by atoms with Crippen molar-refractivity contribution in [1.29, 1.82) is 0 Å². The van der Waals surface area contributed by atoms with Gasteiger partial charge < -0.3 is 9.84 Å². The molecule has 1 heterocycles. The summed E-state index contributed by atoms with van der Waals surface area (Å²) in [4.78, 5) is 11.9. The Bertz CT molecular complexity index is 920. The monoisotopic (exact) mass is 350 g/mol. The van der Waals surface area contributed by atoms with Crippen molar-refractivity contribution in [2.75, 3.05) is 0 Å². The van der Waals surface area contributed by atoms with Crippen LogP contribution in [0.25, 0.3) is 11.3 Å². The minimum atomic E-state index is -0.994. The summed E-state index contributed by atoms with van der Waals surface area (Å²) in [7, 11) is 0. The molecule has 128 valence electrons. The molecule has 0 saturated carbocycles. The largest absolute Gasteiger partial charge is 0.356 e. The second kappa shape index (κ2) is 6.76. The number of hydrogen-bond donors (Lipinski definition) is 1. The van der Waals surface area contributed by atoms with E-state index in [1.54, 1.807) is 0 Å². The van der Waals surface area contributed by atoms with Crippen molar-refractivity contribution >= 4 is 5.91 Å². The van der Waals surface area contributed by atoms with Gasteiger partial charge >= 0.3 is 0 Å². The molecule has 0 unspecified atom stereocenters. The Morgan fingerprint density at radius 3 is 2.40 bits per heavy atom. The maximum Gasteiger partial charge on any atom is 0.257 e. The molecule has 1 aromatic heterocycles. The standard InChI is InChI=1S/C17H10F4N2O2/c18-9-4-5-11(14(21)6-9)15-7-10(23-25-15)8-22-17(24)16-12(19)2-1-3-13(16)20/h1-7H,8H2,(H,22,24). The minimum absolute atomic E-state index is 0.00775. The zero-order chi connectivity index (χ0) is 18.0. The first kappa shape index (κ1) is 16.7. The first-order valence-corrected chi connectivity index (χ1v) is 7.09. The van der Waals surface area contributed by atoms with Crippen LogP contribution in [-0.2, 0) is 6.54 Å². The lowest BCUT2D eigenvalue weighted by atomic mass is 10.1. The molecule has 0 aliphatic heterocycles. The third-order valence-electron chi connectivity index (χ3n) is 3.38. The van der Waals surface area contributed by atoms with E-state index in [2.05, 4.69) is 10.5 Å². The van der Waals surface area contributed by atoms with E-state index in [0.717, 1.165) is 24.3 Å². The van der Waals surface area contributed by atoms with Crippen LogP contribution in [0, 0.1) is 23.3 Å². The van der Waals surface area contributed by atoms with E-state index in [0.29, 0.717) is 6.07 Å². The normalized spacial score (nSPS) is 10.7. The Kier molecular flexibility index (Phi) is 4.51. The number of aromatic nitrogens is 1. The Hall–Kier alpha value is -3.16. The lowest BCUT2D eigenvalue weighted by Crippen LogP contribution is -2.25. The van der Waals surface area contributed by atoms with Gasteiger partial charge in [0.1, 0.15) is 34.5 Å². The second-order valence-corrected chi connectivity index (χ2v) is 5.09. The third-order valence-corrected chi connectivity index (χ3v) is 3.38. The summed E-state index contributed by atoms with van der Waals surface area (Å²) < 4.78 is 58.6. The number of nitrogens with one attached hydrogen (secondary N) is 1. The average Bonchev–Trinajstić information content (AvgIpc) is 3.01. The van der Waals surface area contributed by atoms with Crippen LogP contribution in [0.2, 0.25) is 0 Å². The second-order valence-electron chi connectivity index (χ2n) is 5.09. The molecule has 3 aromatic rings. The zero-order valence-corrected chi connectivity index (χ0v) is 12.5. The van der Waals surface area contributed by atoms with Crippen LogP contribution in [0.4, 0.5) is 17.6 Å². The number of halogens is 4. The van der Waals surface area contributed by atoms with Gasteiger partial charge in [-0.25, -0.2) is 17.6 Å². The van der Waals surface area contributed by atoms with Crippen molar-refractivity contribution in [1.82, 2.24) is 10.5 Å². The Balaban J connectivity index is 1.73. The molecule has 25 heavy (non-hydrogen) atoms. The Morgan fingerprint density at radius 2 is 1.72 bits per heavy atom. The molecule has 1 N–H and O–H groups in total. The molecule has 3 rings (SSSR count). The fourth-order valence-corrected chi connectivity index (χ4v) is 2.19. The van der Waals surface area contributed by atoms with Gasteiger partial charge in [-0.2, -0.15) is 0 Å². The molecule has 0 fully saturated rings. The summed E-state index contributed by atoms with van der Waals surface area (Å²) in [6.45, 7) is -0.196. The number of hydrogen-bond acceptors (Lipinski definition) is 3. The highest BCUT2D eigenvalue weighted by atomic mass is 19.1. The van der Waals surface area contributed by atoms with Crippen LogP contribution in [0.5, 0.6) is 0 Å². The fourth-order valence-electron chi connectivity index (χ4n) is 2.19. The van der Waals surface area contributed by atoms with Gasteiger partial charge in [0, 0.05) is 12.1 Å². The first-order chi connectivity index (χ1) is 12.0. The van der Waals surface area contributed by atoms with Gasteiger partial charge in [0.05, 0.1) is 12.1 Å². The van der Waals surface area contributed by atoms with Crippen molar-refractivity contribution in [3.8, 4) is 11.3 Å². The summed E-state index contributed by atoms with van der Waals surface area (Å²) in [6, 6.07) is 7.33. The lowest BCUT2D eigenvalue weighted by molar-refractivity contribution is 0.0941. The molecular formula is C17H10F4N2O2. The summed E-state index contributed by atoms with van der Waals surface area (Å²) in [5, 5.41) is 5.92. The van der Waals surface area contributed by atoms with Crippen molar-refractivity contribution < 1.29 is 26.9 Å². The number of carbonyl (C=O) groups excluding carboxylic acids is 1. The van der Waals surface area contributed by atoms with Crippen LogP contribution in [0.15, 0.2) is 47.0 Å². The molecule has 1 amide bonds. The first-order valence-electron chi connectivity index (χ1n) is 7.09. The number of amides is 1. The van der Waals surface area contributed by atoms with Gasteiger partial charge in [-0.15, -0.1) is 0 Å². The predicted octanol–water partition coefficient (Wildman–Crippen LogP) is 3.83. The van der Waals surface area contributed by atoms with Crippen molar-refractivity contribution in [3.63, 3.8) is 0 Å². The summed E-state index contributed by atoms with van der Waals surface area (Å²) in [6.07, 6.45) is 0. The highest BCUT2D eigenvalue weighted by molar-refractivity contribution is 5.94. The zero-order valence-electron chi connectivity index (χ0n) is 12.5. The van der Waals surface area contributed by atoms with Crippen LogP contribution in [0.3, 0.4) is 0 Å². The van der Waals surface area contributed by atoms with Crippen molar-refractivity contribution in [3.05, 3.63) is 77.0 Å². The van der Waals surface area contributed by atoms with Crippen molar-refractivity contribution in [2.24, 2.45) is 0 Å². The van der Waals surface area contributed by atoms with E-state index in [9.17, 15) is 22.4 Å². The number of benzene rings is 2. The molecular weight excluding hydrogens is 340 g/mol. The molecule has 0 spiro atoms. The molecule has 0 saturated heterocycles. The Labute approximate surface area is 139 Å². The van der Waals surface area contributed by atoms with Crippen molar-refractivity contribution in [2.45, 2.75) is 6.54 Å². The maximum absolute atomic E-state index is 13.7. The highest BCUT2D eigenvalue weighted by Crippen LogP contribution is 2.24. The van der Waals surface area contributed by atoms with Gasteiger partial charge in [-0.1, -0.05) is 11.2 Å². The van der Waals surface area contributed by atoms with Gasteiger partial charge in [0.2, 0.25) is 0 Å². The van der Waals surface area contributed by atoms with Crippen LogP contribution < -0.4 is 5.32 Å². The van der Waals surface area contributed by atoms with E-state index in [4.69, 9.17) is 4.52 Å². The van der Waals surface area contributed by atoms with E-state index < -0.39 is 34.7 Å². The molecule has 0 atom stereocenters. The number of carbonyl (C=O) groups is 1.